The molecule has 0 radical (unpaired) electrons. The number of nitrogens with zero attached hydrogens (tertiary/aromatic N) is 3. The van der Waals surface area contributed by atoms with E-state index in [1.165, 1.54) is 11.1 Å². The van der Waals surface area contributed by atoms with Crippen LogP contribution in [0.15, 0.2) is 36.5 Å². The smallest absolute Gasteiger partial charge is 0.154 e. The Labute approximate surface area is 119 Å². The van der Waals surface area contributed by atoms with Gasteiger partial charge >= 0.3 is 0 Å². The summed E-state index contributed by atoms with van der Waals surface area (Å²) in [6.45, 7) is 6.01. The second-order valence-electron chi connectivity index (χ2n) is 5.26. The van der Waals surface area contributed by atoms with E-state index < -0.39 is 0 Å². The number of para-hydroxylation sites is 1. The Kier molecular flexibility index (Phi) is 3.54. The molecule has 0 N–H and O–H groups in total. The van der Waals surface area contributed by atoms with Gasteiger partial charge in [-0.25, -0.2) is 0 Å². The van der Waals surface area contributed by atoms with Crippen molar-refractivity contribution >= 4 is 5.82 Å². The lowest BCUT2D eigenvalue weighted by atomic mass is 10.2. The van der Waals surface area contributed by atoms with Crippen LogP contribution in [0.25, 0.3) is 0 Å². The standard InChI is InChI=1S/C16H19N3O/c1-12-10-17-18-16(13(12)2)19-9-8-15(11-19)20-14-6-4-3-5-7-14/h3-7,10,15H,8-9,11H2,1-2H3/t15-/m1/s1. The fraction of sp³-hybridized carbons (Fsp3) is 0.375. The summed E-state index contributed by atoms with van der Waals surface area (Å²) in [7, 11) is 0. The molecule has 0 spiro atoms. The molecule has 3 rings (SSSR count). The maximum absolute atomic E-state index is 6.01. The molecule has 1 aliphatic rings. The number of hydrogen-bond donors (Lipinski definition) is 0. The third-order valence-electron chi connectivity index (χ3n) is 3.82. The van der Waals surface area contributed by atoms with E-state index in [1.807, 2.05) is 36.5 Å². The predicted molar refractivity (Wildman–Crippen MR) is 79.2 cm³/mol. The van der Waals surface area contributed by atoms with Crippen molar-refractivity contribution in [2.45, 2.75) is 26.4 Å². The Morgan fingerprint density at radius 1 is 1.20 bits per heavy atom. The SMILES string of the molecule is Cc1cnnc(N2CC[C@@H](Oc3ccccc3)C2)c1C. The van der Waals surface area contributed by atoms with E-state index in [1.54, 1.807) is 0 Å². The van der Waals surface area contributed by atoms with Crippen molar-refractivity contribution in [2.75, 3.05) is 18.0 Å². The number of anilines is 1. The van der Waals surface area contributed by atoms with Gasteiger partial charge in [0.2, 0.25) is 0 Å². The third kappa shape index (κ3) is 2.59. The van der Waals surface area contributed by atoms with Crippen molar-refractivity contribution in [1.29, 1.82) is 0 Å². The molecule has 1 atom stereocenters. The van der Waals surface area contributed by atoms with Crippen molar-refractivity contribution in [3.63, 3.8) is 0 Å². The van der Waals surface area contributed by atoms with Crippen LogP contribution in [0, 0.1) is 13.8 Å². The predicted octanol–water partition coefficient (Wildman–Crippen LogP) is 2.75. The molecular formula is C16H19N3O. The summed E-state index contributed by atoms with van der Waals surface area (Å²) in [5.41, 5.74) is 2.39. The van der Waals surface area contributed by atoms with Gasteiger partial charge in [-0.1, -0.05) is 18.2 Å². The van der Waals surface area contributed by atoms with Crippen molar-refractivity contribution in [1.82, 2.24) is 10.2 Å². The Bertz CT molecular complexity index is 586. The minimum Gasteiger partial charge on any atom is -0.489 e. The molecule has 0 aliphatic carbocycles. The van der Waals surface area contributed by atoms with Gasteiger partial charge in [0.05, 0.1) is 12.7 Å². The highest BCUT2D eigenvalue weighted by atomic mass is 16.5. The van der Waals surface area contributed by atoms with E-state index in [4.69, 9.17) is 4.74 Å². The van der Waals surface area contributed by atoms with Crippen LogP contribution in [-0.4, -0.2) is 29.4 Å². The van der Waals surface area contributed by atoms with E-state index in [-0.39, 0.29) is 6.10 Å². The average Bonchev–Trinajstić information content (AvgIpc) is 2.91. The molecule has 2 heterocycles. The van der Waals surface area contributed by atoms with E-state index >= 15 is 0 Å². The van der Waals surface area contributed by atoms with Gasteiger partial charge in [0, 0.05) is 13.0 Å². The second-order valence-corrected chi connectivity index (χ2v) is 5.26. The van der Waals surface area contributed by atoms with Crippen LogP contribution >= 0.6 is 0 Å². The van der Waals surface area contributed by atoms with Gasteiger partial charge < -0.3 is 9.64 Å². The number of hydrogen-bond acceptors (Lipinski definition) is 4. The first kappa shape index (κ1) is 12.9. The van der Waals surface area contributed by atoms with Gasteiger partial charge in [-0.05, 0) is 37.1 Å². The lowest BCUT2D eigenvalue weighted by molar-refractivity contribution is 0.225. The number of benzene rings is 1. The molecule has 2 aromatic rings. The Morgan fingerprint density at radius 2 is 2.00 bits per heavy atom. The van der Waals surface area contributed by atoms with E-state index in [0.29, 0.717) is 0 Å². The molecule has 1 aromatic heterocycles. The highest BCUT2D eigenvalue weighted by Crippen LogP contribution is 2.25. The van der Waals surface area contributed by atoms with Gasteiger partial charge in [0.15, 0.2) is 5.82 Å². The second kappa shape index (κ2) is 5.49. The first-order chi connectivity index (χ1) is 9.74. The summed E-state index contributed by atoms with van der Waals surface area (Å²) in [5, 5.41) is 8.35. The molecule has 1 saturated heterocycles. The first-order valence-electron chi connectivity index (χ1n) is 6.99. The lowest BCUT2D eigenvalue weighted by Crippen LogP contribution is -2.26. The molecule has 1 aliphatic heterocycles. The maximum Gasteiger partial charge on any atom is 0.154 e. The zero-order valence-corrected chi connectivity index (χ0v) is 11.9. The minimum absolute atomic E-state index is 0.221. The molecule has 0 bridgehead atoms. The number of rotatable bonds is 3. The Balaban J connectivity index is 1.69. The Morgan fingerprint density at radius 3 is 2.80 bits per heavy atom. The van der Waals surface area contributed by atoms with E-state index in [9.17, 15) is 0 Å². The fourth-order valence-corrected chi connectivity index (χ4v) is 2.53. The highest BCUT2D eigenvalue weighted by Gasteiger charge is 2.26. The third-order valence-corrected chi connectivity index (χ3v) is 3.82. The van der Waals surface area contributed by atoms with Gasteiger partial charge in [-0.3, -0.25) is 0 Å². The fourth-order valence-electron chi connectivity index (χ4n) is 2.53. The van der Waals surface area contributed by atoms with Crippen LogP contribution < -0.4 is 9.64 Å². The van der Waals surface area contributed by atoms with Crippen LogP contribution in [0.4, 0.5) is 5.82 Å². The van der Waals surface area contributed by atoms with Crippen molar-refractivity contribution in [3.8, 4) is 5.75 Å². The summed E-state index contributed by atoms with van der Waals surface area (Å²) in [4.78, 5) is 2.27. The molecular weight excluding hydrogens is 250 g/mol. The number of ether oxygens (including phenoxy) is 1. The quantitative estimate of drug-likeness (QED) is 0.858. The number of aryl methyl sites for hydroxylation is 1. The molecule has 0 amide bonds. The summed E-state index contributed by atoms with van der Waals surface area (Å²) >= 11 is 0. The van der Waals surface area contributed by atoms with Gasteiger partial charge in [-0.2, -0.15) is 5.10 Å². The van der Waals surface area contributed by atoms with Crippen LogP contribution in [-0.2, 0) is 0 Å². The lowest BCUT2D eigenvalue weighted by Gasteiger charge is -2.19. The summed E-state index contributed by atoms with van der Waals surface area (Å²) in [6.07, 6.45) is 3.05. The summed E-state index contributed by atoms with van der Waals surface area (Å²) in [5.74, 6) is 1.93. The largest absolute Gasteiger partial charge is 0.489 e. The normalized spacial score (nSPS) is 18.3. The van der Waals surface area contributed by atoms with Crippen molar-refractivity contribution < 1.29 is 4.74 Å². The van der Waals surface area contributed by atoms with Crippen LogP contribution in [0.3, 0.4) is 0 Å². The molecule has 0 saturated carbocycles. The van der Waals surface area contributed by atoms with Gasteiger partial charge in [0.25, 0.3) is 0 Å². The summed E-state index contributed by atoms with van der Waals surface area (Å²) < 4.78 is 6.01. The average molecular weight is 269 g/mol. The number of aromatic nitrogens is 2. The molecule has 1 aromatic carbocycles. The minimum atomic E-state index is 0.221. The molecule has 0 unspecified atom stereocenters. The maximum atomic E-state index is 6.01. The summed E-state index contributed by atoms with van der Waals surface area (Å²) in [6, 6.07) is 10.00. The molecule has 1 fully saturated rings. The van der Waals surface area contributed by atoms with Crippen LogP contribution in [0.1, 0.15) is 17.5 Å². The topological polar surface area (TPSA) is 38.2 Å². The monoisotopic (exact) mass is 269 g/mol. The molecule has 20 heavy (non-hydrogen) atoms. The van der Waals surface area contributed by atoms with Crippen molar-refractivity contribution in [2.24, 2.45) is 0 Å². The zero-order chi connectivity index (χ0) is 13.9. The van der Waals surface area contributed by atoms with Crippen LogP contribution in [0.2, 0.25) is 0 Å². The first-order valence-corrected chi connectivity index (χ1v) is 6.99. The van der Waals surface area contributed by atoms with E-state index in [0.717, 1.165) is 31.1 Å². The highest BCUT2D eigenvalue weighted by molar-refractivity contribution is 5.49. The molecule has 4 nitrogen and oxygen atoms in total. The van der Waals surface area contributed by atoms with E-state index in [2.05, 4.69) is 28.9 Å². The van der Waals surface area contributed by atoms with Gasteiger partial charge in [0.1, 0.15) is 11.9 Å². The van der Waals surface area contributed by atoms with Crippen molar-refractivity contribution in [3.05, 3.63) is 47.7 Å². The zero-order valence-electron chi connectivity index (χ0n) is 11.9. The Hall–Kier alpha value is -2.10. The van der Waals surface area contributed by atoms with Gasteiger partial charge in [-0.15, -0.1) is 5.10 Å². The molecule has 4 heteroatoms. The van der Waals surface area contributed by atoms with Crippen LogP contribution in [0.5, 0.6) is 5.75 Å². The molecule has 104 valence electrons.